The van der Waals surface area contributed by atoms with Gasteiger partial charge >= 0.3 is 0 Å². The maximum atomic E-state index is 11.6. The van der Waals surface area contributed by atoms with Crippen molar-refractivity contribution in [2.24, 2.45) is 5.41 Å². The summed E-state index contributed by atoms with van der Waals surface area (Å²) in [6.45, 7) is 4.12. The molecule has 0 saturated heterocycles. The molecule has 1 nitrogen and oxygen atoms in total. The Balaban J connectivity index is 2.35. The molecule has 0 amide bonds. The van der Waals surface area contributed by atoms with Gasteiger partial charge in [-0.2, -0.15) is 0 Å². The van der Waals surface area contributed by atoms with E-state index in [1.54, 1.807) is 0 Å². The minimum atomic E-state index is -0.189. The van der Waals surface area contributed by atoms with Gasteiger partial charge in [0.1, 0.15) is 5.78 Å². The monoisotopic (exact) mass is 222 g/mol. The number of ketones is 1. The molecule has 0 spiro atoms. The van der Waals surface area contributed by atoms with Gasteiger partial charge in [-0.15, -0.1) is 0 Å². The molecule has 1 aliphatic carbocycles. The predicted octanol–water partition coefficient (Wildman–Crippen LogP) is 3.81. The summed E-state index contributed by atoms with van der Waals surface area (Å²) >= 11 is 6.15. The van der Waals surface area contributed by atoms with Gasteiger partial charge in [0, 0.05) is 22.8 Å². The highest BCUT2D eigenvalue weighted by Crippen LogP contribution is 2.53. The summed E-state index contributed by atoms with van der Waals surface area (Å²) in [6.07, 6.45) is 1.54. The number of halogens is 1. The van der Waals surface area contributed by atoms with E-state index < -0.39 is 0 Å². The van der Waals surface area contributed by atoms with Crippen LogP contribution >= 0.6 is 11.6 Å². The van der Waals surface area contributed by atoms with E-state index in [0.29, 0.717) is 18.1 Å². The Labute approximate surface area is 95.4 Å². The van der Waals surface area contributed by atoms with E-state index in [0.717, 1.165) is 17.0 Å². The zero-order valence-corrected chi connectivity index (χ0v) is 9.84. The van der Waals surface area contributed by atoms with Crippen molar-refractivity contribution in [2.45, 2.75) is 32.6 Å². The topological polar surface area (TPSA) is 17.1 Å². The van der Waals surface area contributed by atoms with Crippen LogP contribution in [-0.4, -0.2) is 5.78 Å². The summed E-state index contributed by atoms with van der Waals surface area (Å²) in [4.78, 5) is 11.6. The lowest BCUT2D eigenvalue weighted by atomic mass is 9.56. The minimum absolute atomic E-state index is 0.189. The number of rotatable bonds is 2. The van der Waals surface area contributed by atoms with Gasteiger partial charge in [0.05, 0.1) is 0 Å². The highest BCUT2D eigenvalue weighted by Gasteiger charge is 2.50. The van der Waals surface area contributed by atoms with Crippen LogP contribution in [0.1, 0.15) is 38.2 Å². The van der Waals surface area contributed by atoms with Crippen LogP contribution in [0.5, 0.6) is 0 Å². The Morgan fingerprint density at radius 2 is 2.13 bits per heavy atom. The molecule has 1 aliphatic rings. The average molecular weight is 223 g/mol. The Morgan fingerprint density at radius 1 is 1.47 bits per heavy atom. The SMILES string of the molecule is CCC1(C)C(=O)CC1c1ccccc1Cl. The van der Waals surface area contributed by atoms with Crippen LogP contribution in [0.15, 0.2) is 24.3 Å². The van der Waals surface area contributed by atoms with E-state index in [4.69, 9.17) is 11.6 Å². The third-order valence-corrected chi connectivity index (χ3v) is 4.15. The van der Waals surface area contributed by atoms with Crippen molar-refractivity contribution >= 4 is 17.4 Å². The van der Waals surface area contributed by atoms with Crippen molar-refractivity contribution in [3.63, 3.8) is 0 Å². The number of hydrogen-bond donors (Lipinski definition) is 0. The normalized spacial score (nSPS) is 30.1. The summed E-state index contributed by atoms with van der Waals surface area (Å²) in [5.41, 5.74) is 0.938. The first-order valence-corrected chi connectivity index (χ1v) is 5.75. The molecule has 0 heterocycles. The van der Waals surface area contributed by atoms with Gasteiger partial charge in [-0.25, -0.2) is 0 Å². The van der Waals surface area contributed by atoms with Crippen LogP contribution in [0.2, 0.25) is 5.02 Å². The summed E-state index contributed by atoms with van der Waals surface area (Å²) < 4.78 is 0. The van der Waals surface area contributed by atoms with Crippen LogP contribution in [0.3, 0.4) is 0 Å². The summed E-state index contributed by atoms with van der Waals surface area (Å²) in [5.74, 6) is 0.679. The number of benzene rings is 1. The first kappa shape index (κ1) is 10.7. The Kier molecular flexibility index (Phi) is 2.59. The Morgan fingerprint density at radius 3 is 2.67 bits per heavy atom. The van der Waals surface area contributed by atoms with Crippen LogP contribution in [0, 0.1) is 5.41 Å². The maximum absolute atomic E-state index is 11.6. The second-order valence-corrected chi connectivity index (χ2v) is 4.88. The molecule has 2 rings (SSSR count). The highest BCUT2D eigenvalue weighted by atomic mass is 35.5. The largest absolute Gasteiger partial charge is 0.299 e. The van der Waals surface area contributed by atoms with Crippen LogP contribution in [0.4, 0.5) is 0 Å². The van der Waals surface area contributed by atoms with Gasteiger partial charge in [-0.05, 0) is 18.1 Å². The van der Waals surface area contributed by atoms with Gasteiger partial charge in [-0.1, -0.05) is 43.6 Å². The predicted molar refractivity (Wildman–Crippen MR) is 62.2 cm³/mol. The van der Waals surface area contributed by atoms with Gasteiger partial charge in [0.15, 0.2) is 0 Å². The quantitative estimate of drug-likeness (QED) is 0.744. The summed E-state index contributed by atoms with van der Waals surface area (Å²) in [5, 5.41) is 0.787. The first-order valence-electron chi connectivity index (χ1n) is 5.37. The lowest BCUT2D eigenvalue weighted by molar-refractivity contribution is -0.139. The van der Waals surface area contributed by atoms with Crippen molar-refractivity contribution in [1.29, 1.82) is 0 Å². The van der Waals surface area contributed by atoms with Crippen LogP contribution in [0.25, 0.3) is 0 Å². The number of hydrogen-bond acceptors (Lipinski definition) is 1. The Hall–Kier alpha value is -0.820. The molecule has 15 heavy (non-hydrogen) atoms. The van der Waals surface area contributed by atoms with Crippen LogP contribution in [-0.2, 0) is 4.79 Å². The van der Waals surface area contributed by atoms with Gasteiger partial charge < -0.3 is 0 Å². The fraction of sp³-hybridized carbons (Fsp3) is 0.462. The second-order valence-electron chi connectivity index (χ2n) is 4.47. The van der Waals surface area contributed by atoms with E-state index in [9.17, 15) is 4.79 Å². The molecule has 1 aromatic rings. The van der Waals surface area contributed by atoms with Gasteiger partial charge in [0.2, 0.25) is 0 Å². The molecular formula is C13H15ClO. The Bertz CT molecular complexity index is 399. The van der Waals surface area contributed by atoms with Gasteiger partial charge in [-0.3, -0.25) is 4.79 Å². The van der Waals surface area contributed by atoms with Crippen molar-refractivity contribution in [3.05, 3.63) is 34.9 Å². The van der Waals surface area contributed by atoms with E-state index in [1.165, 1.54) is 0 Å². The van der Waals surface area contributed by atoms with Crippen LogP contribution < -0.4 is 0 Å². The number of Topliss-reactive ketones (excluding diaryl/α,β-unsaturated/α-hetero) is 1. The van der Waals surface area contributed by atoms with E-state index in [1.807, 2.05) is 31.2 Å². The average Bonchev–Trinajstić information content (AvgIpc) is 2.26. The van der Waals surface area contributed by atoms with E-state index >= 15 is 0 Å². The highest BCUT2D eigenvalue weighted by molar-refractivity contribution is 6.31. The molecule has 1 fully saturated rings. The fourth-order valence-electron chi connectivity index (χ4n) is 2.36. The van der Waals surface area contributed by atoms with Crippen molar-refractivity contribution < 1.29 is 4.79 Å². The molecule has 1 saturated carbocycles. The molecule has 0 aromatic heterocycles. The summed E-state index contributed by atoms with van der Waals surface area (Å²) in [7, 11) is 0. The molecule has 0 bridgehead atoms. The van der Waals surface area contributed by atoms with Crippen molar-refractivity contribution in [3.8, 4) is 0 Å². The number of carbonyl (C=O) groups is 1. The number of carbonyl (C=O) groups excluding carboxylic acids is 1. The maximum Gasteiger partial charge on any atom is 0.140 e. The molecule has 0 aliphatic heterocycles. The van der Waals surface area contributed by atoms with Crippen molar-refractivity contribution in [2.75, 3.05) is 0 Å². The summed E-state index contributed by atoms with van der Waals surface area (Å²) in [6, 6.07) is 7.85. The smallest absolute Gasteiger partial charge is 0.140 e. The molecule has 80 valence electrons. The zero-order chi connectivity index (χ0) is 11.1. The molecule has 2 atom stereocenters. The molecule has 2 unspecified atom stereocenters. The molecule has 0 radical (unpaired) electrons. The molecular weight excluding hydrogens is 208 g/mol. The third-order valence-electron chi connectivity index (χ3n) is 3.81. The van der Waals surface area contributed by atoms with Gasteiger partial charge in [0.25, 0.3) is 0 Å². The second kappa shape index (κ2) is 3.64. The lowest BCUT2D eigenvalue weighted by Crippen LogP contribution is -2.45. The zero-order valence-electron chi connectivity index (χ0n) is 9.09. The molecule has 0 N–H and O–H groups in total. The standard InChI is InChI=1S/C13H15ClO/c1-3-13(2)10(8-12(13)15)9-6-4-5-7-11(9)14/h4-7,10H,3,8H2,1-2H3. The van der Waals surface area contributed by atoms with E-state index in [2.05, 4.69) is 6.92 Å². The molecule has 2 heteroatoms. The fourth-order valence-corrected chi connectivity index (χ4v) is 2.63. The first-order chi connectivity index (χ1) is 7.09. The van der Waals surface area contributed by atoms with E-state index in [-0.39, 0.29) is 5.41 Å². The molecule has 1 aromatic carbocycles. The lowest BCUT2D eigenvalue weighted by Gasteiger charge is -2.45. The van der Waals surface area contributed by atoms with Crippen molar-refractivity contribution in [1.82, 2.24) is 0 Å². The minimum Gasteiger partial charge on any atom is -0.299 e. The third kappa shape index (κ3) is 1.50.